The number of amides is 3. The summed E-state index contributed by atoms with van der Waals surface area (Å²) in [5.41, 5.74) is 2.69. The molecule has 11 heteroatoms. The first kappa shape index (κ1) is 29.7. The van der Waals surface area contributed by atoms with Gasteiger partial charge in [0, 0.05) is 42.5 Å². The van der Waals surface area contributed by atoms with Crippen LogP contribution in [0.3, 0.4) is 0 Å². The Labute approximate surface area is 260 Å². The third kappa shape index (κ3) is 6.14. The monoisotopic (exact) mass is 615 g/mol. The lowest BCUT2D eigenvalue weighted by Gasteiger charge is -2.25. The molecule has 2 aromatic carbocycles. The molecule has 0 saturated carbocycles. The zero-order valence-electron chi connectivity index (χ0n) is 25.2. The predicted molar refractivity (Wildman–Crippen MR) is 168 cm³/mol. The summed E-state index contributed by atoms with van der Waals surface area (Å²) in [5, 5.41) is 8.57. The van der Waals surface area contributed by atoms with Crippen LogP contribution < -0.4 is 14.8 Å². The van der Waals surface area contributed by atoms with Gasteiger partial charge in [0.15, 0.2) is 11.5 Å². The minimum absolute atomic E-state index is 0.0637. The van der Waals surface area contributed by atoms with Crippen LogP contribution in [0.25, 0.3) is 10.1 Å². The van der Waals surface area contributed by atoms with Crippen molar-refractivity contribution in [1.82, 2.24) is 24.9 Å². The largest absolute Gasteiger partial charge is 0.493 e. The number of ether oxygens (including phenoxy) is 2. The van der Waals surface area contributed by atoms with Crippen molar-refractivity contribution in [1.29, 1.82) is 0 Å². The average molecular weight is 616 g/mol. The zero-order chi connectivity index (χ0) is 30.8. The fraction of sp³-hybridized carbons (Fsp3) is 0.394. The summed E-state index contributed by atoms with van der Waals surface area (Å²) in [5.74, 6) is 0.249. The Kier molecular flexibility index (Phi) is 8.56. The molecule has 2 aliphatic heterocycles. The summed E-state index contributed by atoms with van der Waals surface area (Å²) in [7, 11) is 1.58. The number of likely N-dealkylation sites (tertiary alicyclic amines) is 1. The van der Waals surface area contributed by atoms with E-state index in [4.69, 9.17) is 9.47 Å². The smallest absolute Gasteiger partial charge is 0.264 e. The van der Waals surface area contributed by atoms with Crippen LogP contribution in [0.2, 0.25) is 0 Å². The molecule has 0 unspecified atom stereocenters. The molecule has 2 atom stereocenters. The number of nitrogens with zero attached hydrogens (tertiary/aromatic N) is 4. The van der Waals surface area contributed by atoms with Crippen LogP contribution in [0, 0.1) is 19.8 Å². The molecule has 10 nitrogen and oxygen atoms in total. The van der Waals surface area contributed by atoms with E-state index in [1.807, 2.05) is 68.4 Å². The Bertz CT molecular complexity index is 1660. The molecule has 2 bridgehead atoms. The van der Waals surface area contributed by atoms with Crippen molar-refractivity contribution in [3.05, 3.63) is 76.4 Å². The topological polar surface area (TPSA) is 106 Å². The Morgan fingerprint density at radius 1 is 1.05 bits per heavy atom. The number of carbonyl (C=O) groups excluding carboxylic acids is 3. The van der Waals surface area contributed by atoms with Crippen LogP contribution in [-0.4, -0.2) is 83.7 Å². The molecule has 3 amide bonds. The summed E-state index contributed by atoms with van der Waals surface area (Å²) < 4.78 is 14.6. The number of benzene rings is 2. The SMILES string of the molecule is COc1ccc2cc1OCCN(C(=O)Cn1nc(C)cc1C)CCCNC(=O)[C@H]1CN(C(=O)c3cc4ccccc4s3)C[C@H]21. The third-order valence-electron chi connectivity index (χ3n) is 8.46. The van der Waals surface area contributed by atoms with Crippen LogP contribution in [0.15, 0.2) is 54.6 Å². The zero-order valence-corrected chi connectivity index (χ0v) is 26.1. The summed E-state index contributed by atoms with van der Waals surface area (Å²) >= 11 is 1.48. The molecule has 1 N–H and O–H groups in total. The van der Waals surface area contributed by atoms with Gasteiger partial charge in [-0.15, -0.1) is 11.3 Å². The van der Waals surface area contributed by atoms with Crippen LogP contribution in [-0.2, 0) is 16.1 Å². The molecule has 0 spiro atoms. The summed E-state index contributed by atoms with van der Waals surface area (Å²) in [6, 6.07) is 17.5. The maximum Gasteiger partial charge on any atom is 0.264 e. The Balaban J connectivity index is 1.23. The Morgan fingerprint density at radius 3 is 2.64 bits per heavy atom. The van der Waals surface area contributed by atoms with Gasteiger partial charge in [0.25, 0.3) is 5.91 Å². The van der Waals surface area contributed by atoms with Gasteiger partial charge in [-0.3, -0.25) is 19.1 Å². The van der Waals surface area contributed by atoms with Crippen molar-refractivity contribution in [2.75, 3.05) is 46.4 Å². The standard InChI is InChI=1S/C33H37N5O5S/c1-21-15-22(2)38(35-21)20-31(39)36-12-6-11-34-32(40)26-19-37(33(41)30-17-24-7-4-5-8-29(24)44-30)18-25(26)23-9-10-27(42-3)28(16-23)43-14-13-36/h4-5,7-10,15-17,25-26H,6,11-14,18-20H2,1-3H3,(H,34,40)/t25-,26+/m1/s1. The average Bonchev–Trinajstić information content (AvgIpc) is 3.74. The summed E-state index contributed by atoms with van der Waals surface area (Å²) in [6.07, 6.45) is 0.588. The molecule has 4 aromatic rings. The number of thiophene rings is 1. The lowest BCUT2D eigenvalue weighted by molar-refractivity contribution is -0.132. The van der Waals surface area contributed by atoms with E-state index in [2.05, 4.69) is 10.4 Å². The quantitative estimate of drug-likeness (QED) is 0.372. The number of fused-ring (bicyclic) bond motifs is 5. The molecule has 0 radical (unpaired) electrons. The van der Waals surface area contributed by atoms with E-state index in [1.165, 1.54) is 11.3 Å². The van der Waals surface area contributed by atoms with Gasteiger partial charge in [0.05, 0.1) is 30.1 Å². The van der Waals surface area contributed by atoms with Gasteiger partial charge in [-0.2, -0.15) is 5.10 Å². The number of aromatic nitrogens is 2. The van der Waals surface area contributed by atoms with E-state index in [0.29, 0.717) is 55.5 Å². The van der Waals surface area contributed by atoms with Gasteiger partial charge in [-0.05, 0) is 61.5 Å². The van der Waals surface area contributed by atoms with Gasteiger partial charge < -0.3 is 24.6 Å². The molecule has 0 aliphatic carbocycles. The van der Waals surface area contributed by atoms with E-state index in [-0.39, 0.29) is 36.8 Å². The predicted octanol–water partition coefficient (Wildman–Crippen LogP) is 4.01. The number of aryl methyl sites for hydroxylation is 2. The lowest BCUT2D eigenvalue weighted by atomic mass is 9.88. The fourth-order valence-electron chi connectivity index (χ4n) is 6.16. The van der Waals surface area contributed by atoms with Gasteiger partial charge >= 0.3 is 0 Å². The highest BCUT2D eigenvalue weighted by molar-refractivity contribution is 7.20. The van der Waals surface area contributed by atoms with Crippen LogP contribution in [0.4, 0.5) is 0 Å². The maximum absolute atomic E-state index is 13.7. The van der Waals surface area contributed by atoms with E-state index in [9.17, 15) is 14.4 Å². The summed E-state index contributed by atoms with van der Waals surface area (Å²) in [4.78, 5) is 44.8. The Morgan fingerprint density at radius 2 is 1.86 bits per heavy atom. The summed E-state index contributed by atoms with van der Waals surface area (Å²) in [6.45, 7) is 6.25. The highest BCUT2D eigenvalue weighted by Gasteiger charge is 2.41. The van der Waals surface area contributed by atoms with E-state index in [1.54, 1.807) is 21.6 Å². The van der Waals surface area contributed by atoms with Crippen molar-refractivity contribution < 1.29 is 23.9 Å². The maximum atomic E-state index is 13.7. The number of hydrogen-bond acceptors (Lipinski definition) is 7. The second kappa shape index (κ2) is 12.7. The van der Waals surface area contributed by atoms with Crippen LogP contribution in [0.5, 0.6) is 11.5 Å². The van der Waals surface area contributed by atoms with Gasteiger partial charge in [0.2, 0.25) is 11.8 Å². The van der Waals surface area contributed by atoms with Crippen molar-refractivity contribution in [3.8, 4) is 11.5 Å². The highest BCUT2D eigenvalue weighted by atomic mass is 32.1. The number of rotatable bonds is 4. The van der Waals surface area contributed by atoms with Gasteiger partial charge in [-0.25, -0.2) is 0 Å². The minimum atomic E-state index is -0.429. The first-order valence-electron chi connectivity index (χ1n) is 15.0. The second-order valence-electron chi connectivity index (χ2n) is 11.4. The number of hydrogen-bond donors (Lipinski definition) is 1. The molecule has 230 valence electrons. The van der Waals surface area contributed by atoms with Gasteiger partial charge in [0.1, 0.15) is 13.2 Å². The van der Waals surface area contributed by atoms with E-state index in [0.717, 1.165) is 27.0 Å². The van der Waals surface area contributed by atoms with Crippen molar-refractivity contribution in [3.63, 3.8) is 0 Å². The molecule has 2 aromatic heterocycles. The molecular weight excluding hydrogens is 578 g/mol. The van der Waals surface area contributed by atoms with Crippen LogP contribution in [0.1, 0.15) is 39.0 Å². The van der Waals surface area contributed by atoms with Crippen molar-refractivity contribution in [2.24, 2.45) is 5.92 Å². The molecule has 1 fully saturated rings. The second-order valence-corrected chi connectivity index (χ2v) is 12.5. The number of carbonyl (C=O) groups is 3. The number of nitrogens with one attached hydrogen (secondary N) is 1. The lowest BCUT2D eigenvalue weighted by Crippen LogP contribution is -2.40. The molecule has 1 saturated heterocycles. The van der Waals surface area contributed by atoms with E-state index < -0.39 is 5.92 Å². The van der Waals surface area contributed by atoms with E-state index >= 15 is 0 Å². The van der Waals surface area contributed by atoms with Crippen LogP contribution >= 0.6 is 11.3 Å². The fourth-order valence-corrected chi connectivity index (χ4v) is 7.19. The minimum Gasteiger partial charge on any atom is -0.493 e. The molecule has 4 heterocycles. The van der Waals surface area contributed by atoms with Crippen molar-refractivity contribution in [2.45, 2.75) is 32.7 Å². The normalized spacial score (nSPS) is 19.2. The highest BCUT2D eigenvalue weighted by Crippen LogP contribution is 2.39. The molecule has 6 rings (SSSR count). The third-order valence-corrected chi connectivity index (χ3v) is 9.56. The van der Waals surface area contributed by atoms with Gasteiger partial charge in [-0.1, -0.05) is 24.3 Å². The van der Waals surface area contributed by atoms with Crippen molar-refractivity contribution >= 4 is 39.1 Å². The Hall–Kier alpha value is -4.38. The molecule has 2 aliphatic rings. The number of methoxy groups -OCH3 is 1. The first-order chi connectivity index (χ1) is 21.3. The first-order valence-corrected chi connectivity index (χ1v) is 15.8. The molecular formula is C33H37N5O5S. The molecule has 44 heavy (non-hydrogen) atoms.